The van der Waals surface area contributed by atoms with Crippen LogP contribution in [0.15, 0.2) is 30.6 Å². The Balaban J connectivity index is 1.39. The number of amides is 3. The van der Waals surface area contributed by atoms with Crippen LogP contribution in [-0.4, -0.2) is 68.6 Å². The van der Waals surface area contributed by atoms with Crippen molar-refractivity contribution in [3.63, 3.8) is 0 Å². The van der Waals surface area contributed by atoms with Gasteiger partial charge in [-0.3, -0.25) is 14.6 Å². The summed E-state index contributed by atoms with van der Waals surface area (Å²) in [4.78, 5) is 45.9. The van der Waals surface area contributed by atoms with Gasteiger partial charge in [-0.2, -0.15) is 0 Å². The second-order valence-corrected chi connectivity index (χ2v) is 10.5. The first-order valence-corrected chi connectivity index (χ1v) is 11.8. The Kier molecular flexibility index (Phi) is 6.04. The molecule has 0 saturated carbocycles. The van der Waals surface area contributed by atoms with E-state index in [1.54, 1.807) is 17.3 Å². The van der Waals surface area contributed by atoms with E-state index in [4.69, 9.17) is 0 Å². The lowest BCUT2D eigenvalue weighted by Crippen LogP contribution is -2.62. The minimum Gasteiger partial charge on any atom is -0.465 e. The van der Waals surface area contributed by atoms with Crippen LogP contribution in [0.4, 0.5) is 10.5 Å². The average molecular weight is 472 g/mol. The Labute approximate surface area is 196 Å². The second-order valence-electron chi connectivity index (χ2n) is 9.49. The van der Waals surface area contributed by atoms with Crippen LogP contribution in [0.25, 0.3) is 10.4 Å². The standard InChI is InChI=1S/C23H29N5O4S/c1-22(2,3)28(21(31)32)11-6-18(29)27-12-7-23(8-13-27)25-16-14-17(15-4-9-24-10-5-15)33-19(16)20(30)26-23/h4-5,9-10,14,25H,6-8,11-13H2,1-3H3,(H,26,30)(H,31,32). The van der Waals surface area contributed by atoms with Gasteiger partial charge in [0.25, 0.3) is 5.91 Å². The molecule has 1 fully saturated rings. The number of piperidine rings is 1. The van der Waals surface area contributed by atoms with E-state index in [0.29, 0.717) is 30.8 Å². The molecule has 2 aromatic heterocycles. The van der Waals surface area contributed by atoms with E-state index >= 15 is 0 Å². The molecule has 0 bridgehead atoms. The number of nitrogens with zero attached hydrogens (tertiary/aromatic N) is 3. The predicted octanol–water partition coefficient (Wildman–Crippen LogP) is 3.45. The van der Waals surface area contributed by atoms with Crippen molar-refractivity contribution in [2.24, 2.45) is 0 Å². The van der Waals surface area contributed by atoms with Crippen LogP contribution in [0.5, 0.6) is 0 Å². The number of aromatic nitrogens is 1. The Hall–Kier alpha value is -3.14. The molecule has 1 saturated heterocycles. The van der Waals surface area contributed by atoms with Gasteiger partial charge in [-0.05, 0) is 44.5 Å². The number of hydrogen-bond acceptors (Lipinski definition) is 6. The predicted molar refractivity (Wildman–Crippen MR) is 126 cm³/mol. The summed E-state index contributed by atoms with van der Waals surface area (Å²) in [5, 5.41) is 16.1. The molecule has 0 radical (unpaired) electrons. The molecule has 33 heavy (non-hydrogen) atoms. The Morgan fingerprint density at radius 3 is 2.48 bits per heavy atom. The molecule has 2 aromatic rings. The van der Waals surface area contributed by atoms with Gasteiger partial charge >= 0.3 is 6.09 Å². The number of nitrogens with one attached hydrogen (secondary N) is 2. The van der Waals surface area contributed by atoms with Crippen molar-refractivity contribution < 1.29 is 19.5 Å². The van der Waals surface area contributed by atoms with Gasteiger partial charge in [-0.25, -0.2) is 4.79 Å². The summed E-state index contributed by atoms with van der Waals surface area (Å²) in [5.74, 6) is -0.171. The number of carbonyl (C=O) groups is 3. The maximum atomic E-state index is 12.9. The summed E-state index contributed by atoms with van der Waals surface area (Å²) >= 11 is 1.44. The second kappa shape index (κ2) is 8.66. The largest absolute Gasteiger partial charge is 0.465 e. The van der Waals surface area contributed by atoms with Crippen molar-refractivity contribution in [2.75, 3.05) is 25.0 Å². The average Bonchev–Trinajstić information content (AvgIpc) is 3.18. The normalized spacial score (nSPS) is 17.2. The number of hydrogen-bond donors (Lipinski definition) is 3. The van der Waals surface area contributed by atoms with Crippen molar-refractivity contribution in [3.8, 4) is 10.4 Å². The molecule has 0 unspecified atom stereocenters. The SMILES string of the molecule is CC(C)(C)N(CCC(=O)N1CCC2(CC1)NC(=O)c1sc(-c3ccncc3)cc1N2)C(=O)O. The zero-order valence-corrected chi connectivity index (χ0v) is 19.9. The topological polar surface area (TPSA) is 115 Å². The third-order valence-electron chi connectivity index (χ3n) is 6.19. The fraction of sp³-hybridized carbons (Fsp3) is 0.478. The van der Waals surface area contributed by atoms with Crippen LogP contribution in [0.2, 0.25) is 0 Å². The molecule has 9 nitrogen and oxygen atoms in total. The fourth-order valence-electron chi connectivity index (χ4n) is 4.35. The van der Waals surface area contributed by atoms with Crippen molar-refractivity contribution in [1.82, 2.24) is 20.1 Å². The number of fused-ring (bicyclic) bond motifs is 1. The van der Waals surface area contributed by atoms with Crippen molar-refractivity contribution in [1.29, 1.82) is 0 Å². The minimum atomic E-state index is -1.03. The molecule has 3 amide bonds. The van der Waals surface area contributed by atoms with Gasteiger partial charge in [-0.15, -0.1) is 11.3 Å². The van der Waals surface area contributed by atoms with Gasteiger partial charge in [-0.1, -0.05) is 0 Å². The highest BCUT2D eigenvalue weighted by atomic mass is 32.1. The molecule has 2 aliphatic rings. The van der Waals surface area contributed by atoms with E-state index in [9.17, 15) is 19.5 Å². The van der Waals surface area contributed by atoms with E-state index in [1.165, 1.54) is 16.2 Å². The molecule has 2 aliphatic heterocycles. The summed E-state index contributed by atoms with van der Waals surface area (Å²) in [5.41, 5.74) is 0.675. The Morgan fingerprint density at radius 1 is 1.21 bits per heavy atom. The molecule has 176 valence electrons. The molecule has 0 atom stereocenters. The van der Waals surface area contributed by atoms with Gasteiger partial charge in [0.15, 0.2) is 0 Å². The number of anilines is 1. The summed E-state index contributed by atoms with van der Waals surface area (Å²) < 4.78 is 0. The van der Waals surface area contributed by atoms with Crippen LogP contribution in [0.3, 0.4) is 0 Å². The van der Waals surface area contributed by atoms with Gasteiger partial charge in [0.1, 0.15) is 10.5 Å². The number of carbonyl (C=O) groups excluding carboxylic acids is 2. The van der Waals surface area contributed by atoms with Crippen molar-refractivity contribution >= 4 is 34.9 Å². The number of carboxylic acid groups (broad SMARTS) is 1. The lowest BCUT2D eigenvalue weighted by Gasteiger charge is -2.45. The molecule has 3 N–H and O–H groups in total. The zero-order valence-electron chi connectivity index (χ0n) is 19.1. The maximum Gasteiger partial charge on any atom is 0.407 e. The smallest absolute Gasteiger partial charge is 0.407 e. The third kappa shape index (κ3) is 4.80. The third-order valence-corrected chi connectivity index (χ3v) is 7.37. The first-order chi connectivity index (χ1) is 15.6. The van der Waals surface area contributed by atoms with Crippen LogP contribution >= 0.6 is 11.3 Å². The maximum absolute atomic E-state index is 12.9. The van der Waals surface area contributed by atoms with E-state index in [1.807, 2.05) is 39.0 Å². The fourth-order valence-corrected chi connectivity index (χ4v) is 5.36. The molecular formula is C23H29N5O4S. The van der Waals surface area contributed by atoms with Crippen LogP contribution in [0, 0.1) is 0 Å². The Morgan fingerprint density at radius 2 is 1.88 bits per heavy atom. The number of rotatable bonds is 4. The van der Waals surface area contributed by atoms with Gasteiger partial charge in [0.05, 0.1) is 5.69 Å². The number of pyridine rings is 1. The minimum absolute atomic E-state index is 0.0707. The van der Waals surface area contributed by atoms with Crippen molar-refractivity contribution in [3.05, 3.63) is 35.5 Å². The molecule has 0 aromatic carbocycles. The van der Waals surface area contributed by atoms with Crippen LogP contribution in [0.1, 0.15) is 49.7 Å². The molecule has 0 aliphatic carbocycles. The summed E-state index contributed by atoms with van der Waals surface area (Å²) in [7, 11) is 0. The lowest BCUT2D eigenvalue weighted by atomic mass is 9.93. The molecule has 10 heteroatoms. The van der Waals surface area contributed by atoms with Gasteiger partial charge < -0.3 is 25.5 Å². The number of thiophene rings is 1. The highest BCUT2D eigenvalue weighted by molar-refractivity contribution is 7.18. The monoisotopic (exact) mass is 471 g/mol. The lowest BCUT2D eigenvalue weighted by molar-refractivity contribution is -0.133. The number of likely N-dealkylation sites (tertiary alicyclic amines) is 1. The molecular weight excluding hydrogens is 442 g/mol. The quantitative estimate of drug-likeness (QED) is 0.629. The Bertz CT molecular complexity index is 1050. The van der Waals surface area contributed by atoms with Crippen molar-refractivity contribution in [2.45, 2.75) is 51.2 Å². The van der Waals surface area contributed by atoms with E-state index in [-0.39, 0.29) is 24.8 Å². The summed E-state index contributed by atoms with van der Waals surface area (Å²) in [6, 6.07) is 5.83. The molecule has 4 heterocycles. The van der Waals surface area contributed by atoms with Crippen LogP contribution in [-0.2, 0) is 4.79 Å². The van der Waals surface area contributed by atoms with Gasteiger partial charge in [0.2, 0.25) is 5.91 Å². The van der Waals surface area contributed by atoms with Gasteiger partial charge in [0, 0.05) is 61.7 Å². The highest BCUT2D eigenvalue weighted by Gasteiger charge is 2.42. The van der Waals surface area contributed by atoms with Crippen LogP contribution < -0.4 is 10.6 Å². The highest BCUT2D eigenvalue weighted by Crippen LogP contribution is 2.40. The summed E-state index contributed by atoms with van der Waals surface area (Å²) in [6.45, 7) is 6.58. The van der Waals surface area contributed by atoms with E-state index < -0.39 is 17.3 Å². The first-order valence-electron chi connectivity index (χ1n) is 11.0. The molecule has 1 spiro atoms. The van der Waals surface area contributed by atoms with E-state index in [2.05, 4.69) is 15.6 Å². The van der Waals surface area contributed by atoms with E-state index in [0.717, 1.165) is 16.1 Å². The molecule has 4 rings (SSSR count). The first kappa shape index (κ1) is 23.0. The zero-order chi connectivity index (χ0) is 23.8. The summed E-state index contributed by atoms with van der Waals surface area (Å²) in [6.07, 6.45) is 3.72.